The molecule has 2 saturated heterocycles. The van der Waals surface area contributed by atoms with E-state index in [1.165, 1.54) is 0 Å². The van der Waals surface area contributed by atoms with Crippen LogP contribution in [0.3, 0.4) is 0 Å². The van der Waals surface area contributed by atoms with Crippen LogP contribution in [0.15, 0.2) is 12.3 Å². The molecule has 0 radical (unpaired) electrons. The van der Waals surface area contributed by atoms with Gasteiger partial charge in [-0.3, -0.25) is 9.48 Å². The molecule has 0 aliphatic carbocycles. The molecule has 3 rings (SSSR count). The lowest BCUT2D eigenvalue weighted by molar-refractivity contribution is -0.142. The second-order valence-electron chi connectivity index (χ2n) is 5.91. The van der Waals surface area contributed by atoms with Crippen molar-refractivity contribution in [2.45, 2.75) is 37.3 Å². The van der Waals surface area contributed by atoms with Crippen molar-refractivity contribution in [2.75, 3.05) is 26.8 Å². The van der Waals surface area contributed by atoms with Crippen LogP contribution >= 0.6 is 0 Å². The van der Waals surface area contributed by atoms with Crippen LogP contribution in [0.5, 0.6) is 0 Å². The molecule has 0 bridgehead atoms. The molecule has 2 aliphatic heterocycles. The van der Waals surface area contributed by atoms with Gasteiger partial charge in [-0.25, -0.2) is 0 Å². The van der Waals surface area contributed by atoms with Crippen molar-refractivity contribution < 1.29 is 27.4 Å². The number of carbonyl (C=O) groups is 1. The highest BCUT2D eigenvalue weighted by atomic mass is 19.4. The lowest BCUT2D eigenvalue weighted by Crippen LogP contribution is -2.42. The number of methoxy groups -OCH3 is 1. The third-order valence-corrected chi connectivity index (χ3v) is 4.43. The summed E-state index contributed by atoms with van der Waals surface area (Å²) in [5.74, 6) is -0.295. The average molecular weight is 333 g/mol. The molecule has 1 aromatic rings. The summed E-state index contributed by atoms with van der Waals surface area (Å²) in [5.41, 5.74) is -1.48. The van der Waals surface area contributed by atoms with Gasteiger partial charge in [-0.05, 0) is 18.9 Å². The Labute approximate surface area is 131 Å². The second-order valence-corrected chi connectivity index (χ2v) is 5.91. The lowest BCUT2D eigenvalue weighted by Gasteiger charge is -2.27. The van der Waals surface area contributed by atoms with Crippen LogP contribution in [-0.2, 0) is 27.0 Å². The van der Waals surface area contributed by atoms with E-state index in [9.17, 15) is 18.0 Å². The number of alkyl halides is 3. The molecule has 2 aliphatic rings. The van der Waals surface area contributed by atoms with E-state index in [-0.39, 0.29) is 18.6 Å². The van der Waals surface area contributed by atoms with Crippen LogP contribution < -0.4 is 0 Å². The van der Waals surface area contributed by atoms with Gasteiger partial charge in [0.15, 0.2) is 5.69 Å². The van der Waals surface area contributed by atoms with Gasteiger partial charge in [0.2, 0.25) is 5.91 Å². The maximum absolute atomic E-state index is 12.5. The summed E-state index contributed by atoms with van der Waals surface area (Å²) >= 11 is 0. The minimum Gasteiger partial charge on any atom is -0.377 e. The maximum atomic E-state index is 12.5. The fraction of sp³-hybridized carbons (Fsp3) is 0.714. The number of likely N-dealkylation sites (tertiary alicyclic amines) is 1. The minimum absolute atomic E-state index is 0.211. The van der Waals surface area contributed by atoms with E-state index >= 15 is 0 Å². The van der Waals surface area contributed by atoms with Crippen molar-refractivity contribution in [3.05, 3.63) is 18.0 Å². The smallest absolute Gasteiger partial charge is 0.377 e. The van der Waals surface area contributed by atoms with E-state index in [1.54, 1.807) is 12.0 Å². The molecular formula is C14H18F3N3O3. The van der Waals surface area contributed by atoms with Crippen molar-refractivity contribution in [2.24, 2.45) is 0 Å². The van der Waals surface area contributed by atoms with Gasteiger partial charge < -0.3 is 14.4 Å². The van der Waals surface area contributed by atoms with E-state index in [0.717, 1.165) is 29.8 Å². The molecule has 6 nitrogen and oxygen atoms in total. The van der Waals surface area contributed by atoms with Crippen LogP contribution in [-0.4, -0.2) is 59.1 Å². The number of hydrogen-bond acceptors (Lipinski definition) is 4. The van der Waals surface area contributed by atoms with Gasteiger partial charge in [0.25, 0.3) is 0 Å². The van der Waals surface area contributed by atoms with Crippen molar-refractivity contribution in [3.8, 4) is 0 Å². The topological polar surface area (TPSA) is 56.6 Å². The largest absolute Gasteiger partial charge is 0.435 e. The first-order chi connectivity index (χ1) is 10.8. The van der Waals surface area contributed by atoms with Crippen LogP contribution in [0, 0.1) is 0 Å². The molecule has 23 heavy (non-hydrogen) atoms. The molecule has 128 valence electrons. The van der Waals surface area contributed by atoms with Crippen LogP contribution in [0.4, 0.5) is 13.2 Å². The third-order valence-electron chi connectivity index (χ3n) is 4.43. The molecule has 2 fully saturated rings. The molecule has 0 N–H and O–H groups in total. The van der Waals surface area contributed by atoms with Gasteiger partial charge in [0, 0.05) is 26.5 Å². The predicted molar refractivity (Wildman–Crippen MR) is 72.5 cm³/mol. The van der Waals surface area contributed by atoms with Gasteiger partial charge in [0.1, 0.15) is 18.2 Å². The van der Waals surface area contributed by atoms with E-state index in [0.29, 0.717) is 19.7 Å². The number of amides is 1. The van der Waals surface area contributed by atoms with Gasteiger partial charge in [0.05, 0.1) is 6.54 Å². The second kappa shape index (κ2) is 5.79. The first kappa shape index (κ1) is 16.3. The molecule has 9 heteroatoms. The first-order valence-electron chi connectivity index (χ1n) is 7.39. The molecule has 0 unspecified atom stereocenters. The van der Waals surface area contributed by atoms with E-state index in [4.69, 9.17) is 9.47 Å². The SMILES string of the molecule is CO[C@H]1CN(C(=O)Cn2ccc(C(F)(F)F)n2)C[C@@]12CCCO2. The fourth-order valence-electron chi connectivity index (χ4n) is 3.27. The highest BCUT2D eigenvalue weighted by molar-refractivity contribution is 5.76. The Morgan fingerprint density at radius 3 is 2.91 bits per heavy atom. The quantitative estimate of drug-likeness (QED) is 0.837. The molecule has 0 aromatic carbocycles. The maximum Gasteiger partial charge on any atom is 0.435 e. The summed E-state index contributed by atoms with van der Waals surface area (Å²) < 4.78 is 49.8. The number of nitrogens with zero attached hydrogens (tertiary/aromatic N) is 3. The van der Waals surface area contributed by atoms with Crippen molar-refractivity contribution in [3.63, 3.8) is 0 Å². The van der Waals surface area contributed by atoms with Crippen molar-refractivity contribution in [1.29, 1.82) is 0 Å². The van der Waals surface area contributed by atoms with Gasteiger partial charge in [-0.1, -0.05) is 0 Å². The summed E-state index contributed by atoms with van der Waals surface area (Å²) in [6, 6.07) is 0.858. The molecule has 0 saturated carbocycles. The number of rotatable bonds is 3. The van der Waals surface area contributed by atoms with Crippen molar-refractivity contribution >= 4 is 5.91 Å². The van der Waals surface area contributed by atoms with Crippen LogP contribution in [0.25, 0.3) is 0 Å². The Balaban J connectivity index is 1.66. The number of carbonyl (C=O) groups excluding carboxylic acids is 1. The Hall–Kier alpha value is -1.61. The van der Waals surface area contributed by atoms with Crippen LogP contribution in [0.1, 0.15) is 18.5 Å². The summed E-state index contributed by atoms with van der Waals surface area (Å²) in [5, 5.41) is 3.40. The third kappa shape index (κ3) is 3.07. The Morgan fingerprint density at radius 2 is 2.35 bits per heavy atom. The Morgan fingerprint density at radius 1 is 1.57 bits per heavy atom. The zero-order valence-corrected chi connectivity index (χ0v) is 12.7. The summed E-state index contributed by atoms with van der Waals surface area (Å²) in [7, 11) is 1.57. The van der Waals surface area contributed by atoms with E-state index in [1.807, 2.05) is 0 Å². The zero-order valence-electron chi connectivity index (χ0n) is 12.7. The predicted octanol–water partition coefficient (Wildman–Crippen LogP) is 1.31. The molecular weight excluding hydrogens is 315 g/mol. The van der Waals surface area contributed by atoms with Crippen LogP contribution in [0.2, 0.25) is 0 Å². The molecule has 1 spiro atoms. The number of aromatic nitrogens is 2. The highest BCUT2D eigenvalue weighted by Crippen LogP contribution is 2.36. The molecule has 1 aromatic heterocycles. The normalized spacial score (nSPS) is 28.0. The summed E-state index contributed by atoms with van der Waals surface area (Å²) in [6.07, 6.45) is -1.83. The first-order valence-corrected chi connectivity index (χ1v) is 7.39. The lowest BCUT2D eigenvalue weighted by atomic mass is 9.97. The Bertz CT molecular complexity index is 581. The molecule has 3 heterocycles. The van der Waals surface area contributed by atoms with E-state index < -0.39 is 17.5 Å². The summed E-state index contributed by atoms with van der Waals surface area (Å²) in [4.78, 5) is 13.9. The molecule has 1 amide bonds. The van der Waals surface area contributed by atoms with Gasteiger partial charge >= 0.3 is 6.18 Å². The average Bonchev–Trinajstić information content (AvgIpc) is 3.19. The zero-order chi connectivity index (χ0) is 16.7. The van der Waals surface area contributed by atoms with Crippen molar-refractivity contribution in [1.82, 2.24) is 14.7 Å². The standard InChI is InChI=1S/C14H18F3N3O3/c1-22-11-7-19(9-13(11)4-2-6-23-13)12(21)8-20-5-3-10(18-20)14(15,16)17/h3,5,11H,2,4,6-9H2,1H3/t11-,13-/m0/s1. The number of halogens is 3. The van der Waals surface area contributed by atoms with E-state index in [2.05, 4.69) is 5.10 Å². The Kier molecular flexibility index (Phi) is 4.09. The highest BCUT2D eigenvalue weighted by Gasteiger charge is 2.51. The number of hydrogen-bond donors (Lipinski definition) is 0. The van der Waals surface area contributed by atoms with Gasteiger partial charge in [-0.2, -0.15) is 18.3 Å². The minimum atomic E-state index is -4.51. The molecule has 2 atom stereocenters. The monoisotopic (exact) mass is 333 g/mol. The van der Waals surface area contributed by atoms with Gasteiger partial charge in [-0.15, -0.1) is 0 Å². The fourth-order valence-corrected chi connectivity index (χ4v) is 3.27. The number of ether oxygens (including phenoxy) is 2. The summed E-state index contributed by atoms with van der Waals surface area (Å²) in [6.45, 7) is 1.18.